The molecule has 0 fully saturated rings. The van der Waals surface area contributed by atoms with Crippen molar-refractivity contribution in [2.45, 2.75) is 33.6 Å². The summed E-state index contributed by atoms with van der Waals surface area (Å²) in [6, 6.07) is 13.5. The summed E-state index contributed by atoms with van der Waals surface area (Å²) in [6.45, 7) is 7.20. The molecule has 3 heteroatoms. The van der Waals surface area contributed by atoms with E-state index in [2.05, 4.69) is 13.8 Å². The highest BCUT2D eigenvalue weighted by atomic mass is 16.5. The monoisotopic (exact) mass is 314 g/mol. The van der Waals surface area contributed by atoms with Gasteiger partial charge < -0.3 is 14.2 Å². The molecule has 0 saturated carbocycles. The van der Waals surface area contributed by atoms with Crippen LogP contribution in [0.15, 0.2) is 42.5 Å². The highest BCUT2D eigenvalue weighted by molar-refractivity contribution is 5.42. The molecule has 3 nitrogen and oxygen atoms in total. The Kier molecular flexibility index (Phi) is 6.33. The minimum atomic E-state index is 0.579. The van der Waals surface area contributed by atoms with E-state index in [4.69, 9.17) is 14.2 Å². The maximum Gasteiger partial charge on any atom is 0.130 e. The van der Waals surface area contributed by atoms with Crippen LogP contribution < -0.4 is 14.2 Å². The van der Waals surface area contributed by atoms with Gasteiger partial charge in [-0.2, -0.15) is 0 Å². The molecule has 0 saturated heterocycles. The Bertz CT molecular complexity index is 605. The lowest BCUT2D eigenvalue weighted by Crippen LogP contribution is -2.08. The fourth-order valence-electron chi connectivity index (χ4n) is 2.41. The Morgan fingerprint density at radius 1 is 0.957 bits per heavy atom. The van der Waals surface area contributed by atoms with Crippen LogP contribution in [-0.4, -0.2) is 13.7 Å². The average molecular weight is 314 g/mol. The molecule has 2 aromatic rings. The summed E-state index contributed by atoms with van der Waals surface area (Å²) in [5, 5.41) is 0. The summed E-state index contributed by atoms with van der Waals surface area (Å²) in [7, 11) is 1.65. The zero-order chi connectivity index (χ0) is 16.7. The number of rotatable bonds is 8. The molecule has 23 heavy (non-hydrogen) atoms. The molecule has 0 amide bonds. The second-order valence-corrected chi connectivity index (χ2v) is 5.91. The van der Waals surface area contributed by atoms with Crippen molar-refractivity contribution in [1.82, 2.24) is 0 Å². The molecule has 0 aliphatic heterocycles. The van der Waals surface area contributed by atoms with Crippen molar-refractivity contribution in [3.05, 3.63) is 48.0 Å². The molecule has 0 bridgehead atoms. The van der Waals surface area contributed by atoms with Crippen LogP contribution in [0.25, 0.3) is 0 Å². The molecule has 0 N–H and O–H groups in total. The number of hydrogen-bond acceptors (Lipinski definition) is 3. The maximum atomic E-state index is 5.92. The third-order valence-electron chi connectivity index (χ3n) is 3.75. The number of ether oxygens (including phenoxy) is 3. The van der Waals surface area contributed by atoms with Gasteiger partial charge in [0.25, 0.3) is 0 Å². The molecule has 1 unspecified atom stereocenters. The SMILES string of the molecule is CCCC(C)COc1ccc(Oc2ccc(OC)cc2)c(C)c1. The highest BCUT2D eigenvalue weighted by Gasteiger charge is 2.06. The van der Waals surface area contributed by atoms with Gasteiger partial charge in [-0.3, -0.25) is 0 Å². The third kappa shape index (κ3) is 5.20. The minimum absolute atomic E-state index is 0.579. The second kappa shape index (κ2) is 8.47. The molecule has 0 radical (unpaired) electrons. The van der Waals surface area contributed by atoms with Gasteiger partial charge >= 0.3 is 0 Å². The molecular formula is C20H26O3. The van der Waals surface area contributed by atoms with Crippen molar-refractivity contribution in [3.8, 4) is 23.0 Å². The zero-order valence-corrected chi connectivity index (χ0v) is 14.5. The van der Waals surface area contributed by atoms with Crippen molar-refractivity contribution in [1.29, 1.82) is 0 Å². The van der Waals surface area contributed by atoms with Crippen LogP contribution >= 0.6 is 0 Å². The van der Waals surface area contributed by atoms with Crippen LogP contribution in [0.3, 0.4) is 0 Å². The molecular weight excluding hydrogens is 288 g/mol. The van der Waals surface area contributed by atoms with E-state index < -0.39 is 0 Å². The molecule has 0 aliphatic carbocycles. The fraction of sp³-hybridized carbons (Fsp3) is 0.400. The average Bonchev–Trinajstić information content (AvgIpc) is 2.56. The third-order valence-corrected chi connectivity index (χ3v) is 3.75. The van der Waals surface area contributed by atoms with Crippen LogP contribution in [-0.2, 0) is 0 Å². The maximum absolute atomic E-state index is 5.92. The van der Waals surface area contributed by atoms with Gasteiger partial charge in [-0.05, 0) is 67.3 Å². The smallest absolute Gasteiger partial charge is 0.130 e. The van der Waals surface area contributed by atoms with Crippen molar-refractivity contribution >= 4 is 0 Å². The first kappa shape index (κ1) is 17.2. The summed E-state index contributed by atoms with van der Waals surface area (Å²) in [6.07, 6.45) is 2.38. The fourth-order valence-corrected chi connectivity index (χ4v) is 2.41. The van der Waals surface area contributed by atoms with Gasteiger partial charge in [0.1, 0.15) is 23.0 Å². The normalized spacial score (nSPS) is 11.8. The molecule has 0 spiro atoms. The Labute approximate surface area is 139 Å². The van der Waals surface area contributed by atoms with Gasteiger partial charge in [-0.1, -0.05) is 20.3 Å². The minimum Gasteiger partial charge on any atom is -0.497 e. The molecule has 2 rings (SSSR count). The van der Waals surface area contributed by atoms with Crippen molar-refractivity contribution in [2.24, 2.45) is 5.92 Å². The number of aryl methyl sites for hydroxylation is 1. The van der Waals surface area contributed by atoms with Gasteiger partial charge in [-0.25, -0.2) is 0 Å². The first-order valence-electron chi connectivity index (χ1n) is 8.17. The van der Waals surface area contributed by atoms with E-state index in [0.717, 1.165) is 35.2 Å². The van der Waals surface area contributed by atoms with Crippen LogP contribution in [0.1, 0.15) is 32.3 Å². The summed E-state index contributed by atoms with van der Waals surface area (Å²) >= 11 is 0. The summed E-state index contributed by atoms with van der Waals surface area (Å²) in [5.41, 5.74) is 1.06. The Hall–Kier alpha value is -2.16. The zero-order valence-electron chi connectivity index (χ0n) is 14.5. The van der Waals surface area contributed by atoms with Gasteiger partial charge in [0.15, 0.2) is 0 Å². The van der Waals surface area contributed by atoms with Crippen LogP contribution in [0.4, 0.5) is 0 Å². The van der Waals surface area contributed by atoms with E-state index in [9.17, 15) is 0 Å². The predicted molar refractivity (Wildman–Crippen MR) is 93.8 cm³/mol. The molecule has 0 heterocycles. The van der Waals surface area contributed by atoms with Gasteiger partial charge in [0.2, 0.25) is 0 Å². The molecule has 2 aromatic carbocycles. The van der Waals surface area contributed by atoms with Crippen LogP contribution in [0, 0.1) is 12.8 Å². The van der Waals surface area contributed by atoms with E-state index in [1.807, 2.05) is 49.4 Å². The molecule has 0 aromatic heterocycles. The number of hydrogen-bond donors (Lipinski definition) is 0. The summed E-state index contributed by atoms with van der Waals surface area (Å²) in [4.78, 5) is 0. The van der Waals surface area contributed by atoms with E-state index >= 15 is 0 Å². The quantitative estimate of drug-likeness (QED) is 0.633. The van der Waals surface area contributed by atoms with Crippen molar-refractivity contribution in [3.63, 3.8) is 0 Å². The van der Waals surface area contributed by atoms with Crippen LogP contribution in [0.2, 0.25) is 0 Å². The largest absolute Gasteiger partial charge is 0.497 e. The summed E-state index contributed by atoms with van der Waals surface area (Å²) < 4.78 is 16.9. The predicted octanol–water partition coefficient (Wildman–Crippen LogP) is 5.61. The first-order chi connectivity index (χ1) is 11.1. The molecule has 0 aliphatic rings. The van der Waals surface area contributed by atoms with Crippen molar-refractivity contribution < 1.29 is 14.2 Å². The number of benzene rings is 2. The van der Waals surface area contributed by atoms with Gasteiger partial charge in [-0.15, -0.1) is 0 Å². The second-order valence-electron chi connectivity index (χ2n) is 5.91. The van der Waals surface area contributed by atoms with Crippen LogP contribution in [0.5, 0.6) is 23.0 Å². The van der Waals surface area contributed by atoms with E-state index in [1.54, 1.807) is 7.11 Å². The lowest BCUT2D eigenvalue weighted by Gasteiger charge is -2.14. The first-order valence-corrected chi connectivity index (χ1v) is 8.17. The Morgan fingerprint density at radius 3 is 2.22 bits per heavy atom. The van der Waals surface area contributed by atoms with Gasteiger partial charge in [0, 0.05) is 0 Å². The lowest BCUT2D eigenvalue weighted by molar-refractivity contribution is 0.251. The van der Waals surface area contributed by atoms with E-state index in [-0.39, 0.29) is 0 Å². The van der Waals surface area contributed by atoms with E-state index in [0.29, 0.717) is 5.92 Å². The van der Waals surface area contributed by atoms with E-state index in [1.165, 1.54) is 12.8 Å². The molecule has 124 valence electrons. The topological polar surface area (TPSA) is 27.7 Å². The highest BCUT2D eigenvalue weighted by Crippen LogP contribution is 2.29. The Balaban J connectivity index is 1.98. The Morgan fingerprint density at radius 2 is 1.61 bits per heavy atom. The summed E-state index contributed by atoms with van der Waals surface area (Å²) in [5.74, 6) is 3.92. The molecule has 1 atom stereocenters. The lowest BCUT2D eigenvalue weighted by atomic mass is 10.1. The number of methoxy groups -OCH3 is 1. The van der Waals surface area contributed by atoms with Crippen molar-refractivity contribution in [2.75, 3.05) is 13.7 Å². The van der Waals surface area contributed by atoms with Gasteiger partial charge in [0.05, 0.1) is 13.7 Å². The standard InChI is InChI=1S/C20H26O3/c1-5-6-15(2)14-22-19-11-12-20(16(3)13-19)23-18-9-7-17(21-4)8-10-18/h7-13,15H,5-6,14H2,1-4H3.